The fourth-order valence-electron chi connectivity index (χ4n) is 0.795. The Labute approximate surface area is 78.5 Å². The van der Waals surface area contributed by atoms with Crippen molar-refractivity contribution in [1.29, 1.82) is 0 Å². The summed E-state index contributed by atoms with van der Waals surface area (Å²) < 4.78 is 10.2. The monoisotopic (exact) mass is 188 g/mol. The Kier molecular flexibility index (Phi) is 7.65. The van der Waals surface area contributed by atoms with Gasteiger partial charge in [-0.2, -0.15) is 0 Å². The van der Waals surface area contributed by atoms with Crippen LogP contribution in [-0.2, 0) is 9.47 Å². The summed E-state index contributed by atoms with van der Waals surface area (Å²) in [6.45, 7) is 2.00. The number of hydrogen-bond donors (Lipinski definition) is 2. The van der Waals surface area contributed by atoms with Gasteiger partial charge < -0.3 is 19.7 Å². The number of aliphatic hydroxyl groups is 2. The van der Waals surface area contributed by atoms with Crippen LogP contribution in [0.3, 0.4) is 0 Å². The Balaban J connectivity index is 3.48. The Morgan fingerprint density at radius 3 is 2.46 bits per heavy atom. The van der Waals surface area contributed by atoms with Crippen LogP contribution >= 0.6 is 0 Å². The number of terminal acetylenes is 1. The van der Waals surface area contributed by atoms with Crippen LogP contribution in [0.2, 0.25) is 0 Å². The van der Waals surface area contributed by atoms with Gasteiger partial charge in [0.2, 0.25) is 0 Å². The predicted octanol–water partition coefficient (Wildman–Crippen LogP) is -0.606. The fraction of sp³-hybridized carbons (Fsp3) is 0.778. The molecule has 1 atom stereocenters. The number of hydrogen-bond acceptors (Lipinski definition) is 4. The maximum Gasteiger partial charge on any atom is 0.107 e. The van der Waals surface area contributed by atoms with Gasteiger partial charge in [0.1, 0.15) is 12.7 Å². The van der Waals surface area contributed by atoms with Gasteiger partial charge in [0, 0.05) is 0 Å². The van der Waals surface area contributed by atoms with Crippen LogP contribution in [-0.4, -0.2) is 48.8 Å². The lowest BCUT2D eigenvalue weighted by Crippen LogP contribution is -2.29. The molecule has 0 heterocycles. The van der Waals surface area contributed by atoms with E-state index in [1.54, 1.807) is 6.92 Å². The molecule has 4 nitrogen and oxygen atoms in total. The average molecular weight is 188 g/mol. The molecule has 0 aromatic carbocycles. The smallest absolute Gasteiger partial charge is 0.107 e. The Bertz CT molecular complexity index is 148. The first-order valence-corrected chi connectivity index (χ1v) is 4.13. The van der Waals surface area contributed by atoms with E-state index in [0.717, 1.165) is 0 Å². The van der Waals surface area contributed by atoms with E-state index in [1.165, 1.54) is 0 Å². The molecule has 0 fully saturated rings. The van der Waals surface area contributed by atoms with Gasteiger partial charge in [0.05, 0.1) is 25.9 Å². The van der Waals surface area contributed by atoms with Crippen LogP contribution in [0.4, 0.5) is 0 Å². The van der Waals surface area contributed by atoms with Crippen molar-refractivity contribution in [3.05, 3.63) is 0 Å². The first kappa shape index (κ1) is 12.4. The van der Waals surface area contributed by atoms with E-state index in [-0.39, 0.29) is 25.9 Å². The van der Waals surface area contributed by atoms with Crippen molar-refractivity contribution in [1.82, 2.24) is 0 Å². The molecule has 0 saturated carbocycles. The molecule has 0 spiro atoms. The summed E-state index contributed by atoms with van der Waals surface area (Å²) >= 11 is 0. The zero-order valence-electron chi connectivity index (χ0n) is 7.77. The largest absolute Gasteiger partial charge is 0.394 e. The zero-order chi connectivity index (χ0) is 10.1. The summed E-state index contributed by atoms with van der Waals surface area (Å²) in [4.78, 5) is 0. The highest BCUT2D eigenvalue weighted by atomic mass is 16.5. The summed E-state index contributed by atoms with van der Waals surface area (Å²) in [5.74, 6) is 2.33. The minimum atomic E-state index is -0.538. The van der Waals surface area contributed by atoms with E-state index in [9.17, 15) is 0 Å². The molecule has 0 amide bonds. The molecule has 4 heteroatoms. The molecule has 0 aliphatic carbocycles. The Morgan fingerprint density at radius 1 is 1.38 bits per heavy atom. The minimum Gasteiger partial charge on any atom is -0.394 e. The van der Waals surface area contributed by atoms with Crippen molar-refractivity contribution >= 4 is 0 Å². The van der Waals surface area contributed by atoms with Crippen molar-refractivity contribution in [2.24, 2.45) is 0 Å². The van der Waals surface area contributed by atoms with Crippen molar-refractivity contribution in [3.63, 3.8) is 0 Å². The molecule has 2 N–H and O–H groups in total. The highest BCUT2D eigenvalue weighted by Gasteiger charge is 2.10. The zero-order valence-corrected chi connectivity index (χ0v) is 7.77. The maximum atomic E-state index is 8.69. The van der Waals surface area contributed by atoms with Crippen molar-refractivity contribution < 1.29 is 19.7 Å². The van der Waals surface area contributed by atoms with E-state index in [4.69, 9.17) is 26.1 Å². The number of ether oxygens (including phenoxy) is 2. The van der Waals surface area contributed by atoms with Crippen LogP contribution in [0, 0.1) is 12.3 Å². The second-order valence-corrected chi connectivity index (χ2v) is 2.65. The standard InChI is InChI=1S/C9H16O4/c1-3-4-12-7-8(2)13-9(5-10)6-11/h1,8-11H,4-7H2,2H3. The third kappa shape index (κ3) is 6.55. The van der Waals surface area contributed by atoms with Gasteiger partial charge in [-0.15, -0.1) is 6.42 Å². The molecule has 1 unspecified atom stereocenters. The highest BCUT2D eigenvalue weighted by molar-refractivity contribution is 4.82. The van der Waals surface area contributed by atoms with E-state index in [2.05, 4.69) is 5.92 Å². The Morgan fingerprint density at radius 2 is 2.00 bits per heavy atom. The van der Waals surface area contributed by atoms with Gasteiger partial charge in [-0.05, 0) is 6.92 Å². The molecule has 0 bridgehead atoms. The van der Waals surface area contributed by atoms with Gasteiger partial charge >= 0.3 is 0 Å². The van der Waals surface area contributed by atoms with Crippen molar-refractivity contribution in [3.8, 4) is 12.3 Å². The number of aliphatic hydroxyl groups excluding tert-OH is 2. The summed E-state index contributed by atoms with van der Waals surface area (Å²) in [5.41, 5.74) is 0. The van der Waals surface area contributed by atoms with Crippen molar-refractivity contribution in [2.75, 3.05) is 26.4 Å². The molecule has 0 aliphatic rings. The quantitative estimate of drug-likeness (QED) is 0.413. The molecule has 0 saturated heterocycles. The number of rotatable bonds is 7. The van der Waals surface area contributed by atoms with E-state index < -0.39 is 6.10 Å². The highest BCUT2D eigenvalue weighted by Crippen LogP contribution is 1.98. The predicted molar refractivity (Wildman–Crippen MR) is 48.2 cm³/mol. The summed E-state index contributed by atoms with van der Waals surface area (Å²) in [7, 11) is 0. The maximum absolute atomic E-state index is 8.69. The summed E-state index contributed by atoms with van der Waals surface area (Å²) in [6.07, 6.45) is 4.25. The lowest BCUT2D eigenvalue weighted by atomic mass is 10.3. The lowest BCUT2D eigenvalue weighted by Gasteiger charge is -2.18. The van der Waals surface area contributed by atoms with E-state index in [0.29, 0.717) is 6.61 Å². The summed E-state index contributed by atoms with van der Waals surface area (Å²) in [6, 6.07) is 0. The molecule has 0 aromatic heterocycles. The first-order chi connectivity index (χ1) is 6.24. The molecule has 0 radical (unpaired) electrons. The van der Waals surface area contributed by atoms with Crippen LogP contribution in [0.5, 0.6) is 0 Å². The third-order valence-electron chi connectivity index (χ3n) is 1.37. The normalized spacial score (nSPS) is 12.8. The van der Waals surface area contributed by atoms with Gasteiger partial charge in [0.25, 0.3) is 0 Å². The van der Waals surface area contributed by atoms with E-state index in [1.807, 2.05) is 0 Å². The second kappa shape index (κ2) is 8.02. The topological polar surface area (TPSA) is 58.9 Å². The van der Waals surface area contributed by atoms with Gasteiger partial charge in [-0.25, -0.2) is 0 Å². The molecular formula is C9H16O4. The van der Waals surface area contributed by atoms with Crippen molar-refractivity contribution in [2.45, 2.75) is 19.1 Å². The lowest BCUT2D eigenvalue weighted by molar-refractivity contribution is -0.0802. The molecule has 0 rings (SSSR count). The Hall–Kier alpha value is -0.600. The molecule has 76 valence electrons. The minimum absolute atomic E-state index is 0.183. The van der Waals surface area contributed by atoms with E-state index >= 15 is 0 Å². The van der Waals surface area contributed by atoms with Gasteiger partial charge in [-0.1, -0.05) is 5.92 Å². The molecular weight excluding hydrogens is 172 g/mol. The first-order valence-electron chi connectivity index (χ1n) is 4.13. The second-order valence-electron chi connectivity index (χ2n) is 2.65. The van der Waals surface area contributed by atoms with Crippen LogP contribution in [0.15, 0.2) is 0 Å². The average Bonchev–Trinajstić information content (AvgIpc) is 2.14. The van der Waals surface area contributed by atoms with Gasteiger partial charge in [-0.3, -0.25) is 0 Å². The third-order valence-corrected chi connectivity index (χ3v) is 1.37. The summed E-state index contributed by atoms with van der Waals surface area (Å²) in [5, 5.41) is 17.4. The molecule has 0 aromatic rings. The van der Waals surface area contributed by atoms with Gasteiger partial charge in [0.15, 0.2) is 0 Å². The fourth-order valence-corrected chi connectivity index (χ4v) is 0.795. The van der Waals surface area contributed by atoms with Crippen LogP contribution in [0.1, 0.15) is 6.92 Å². The van der Waals surface area contributed by atoms with Crippen LogP contribution in [0.25, 0.3) is 0 Å². The molecule has 13 heavy (non-hydrogen) atoms. The van der Waals surface area contributed by atoms with Crippen LogP contribution < -0.4 is 0 Å². The SMILES string of the molecule is C#CCOCC(C)OC(CO)CO. The molecule has 0 aliphatic heterocycles.